The van der Waals surface area contributed by atoms with Gasteiger partial charge in [0.1, 0.15) is 0 Å². The van der Waals surface area contributed by atoms with Crippen molar-refractivity contribution >= 4 is 15.7 Å². The van der Waals surface area contributed by atoms with E-state index in [1.807, 2.05) is 0 Å². The number of hydrogen-bond donors (Lipinski definition) is 2. The lowest BCUT2D eigenvalue weighted by Crippen LogP contribution is -2.30. The van der Waals surface area contributed by atoms with Crippen LogP contribution in [0.15, 0.2) is 24.3 Å². The Morgan fingerprint density at radius 2 is 1.94 bits per heavy atom. The fourth-order valence-electron chi connectivity index (χ4n) is 1.97. The Hall–Kier alpha value is -1.07. The first-order valence-corrected chi connectivity index (χ1v) is 7.93. The lowest BCUT2D eigenvalue weighted by molar-refractivity contribution is 0.491. The minimum atomic E-state index is -3.24. The van der Waals surface area contributed by atoms with E-state index in [1.54, 1.807) is 24.3 Å². The fourth-order valence-corrected chi connectivity index (χ4v) is 3.22. The van der Waals surface area contributed by atoms with Gasteiger partial charge in [0.2, 0.25) is 10.0 Å². The second-order valence-electron chi connectivity index (χ2n) is 5.16. The van der Waals surface area contributed by atoms with E-state index < -0.39 is 10.0 Å². The number of nitrogens with one attached hydrogen (secondary N) is 1. The van der Waals surface area contributed by atoms with Gasteiger partial charge in [-0.1, -0.05) is 19.1 Å². The van der Waals surface area contributed by atoms with E-state index in [4.69, 9.17) is 5.73 Å². The molecule has 0 radical (unpaired) electrons. The Balaban J connectivity index is 1.88. The summed E-state index contributed by atoms with van der Waals surface area (Å²) in [6.07, 6.45) is 2.47. The highest BCUT2D eigenvalue weighted by molar-refractivity contribution is 7.88. The summed E-state index contributed by atoms with van der Waals surface area (Å²) in [4.78, 5) is 0. The zero-order valence-corrected chi connectivity index (χ0v) is 11.4. The molecule has 0 amide bonds. The highest BCUT2D eigenvalue weighted by Gasteiger charge is 2.28. The van der Waals surface area contributed by atoms with Crippen LogP contribution < -0.4 is 10.5 Å². The number of nitrogens with two attached hydrogens (primary N) is 1. The minimum absolute atomic E-state index is 0.0185. The lowest BCUT2D eigenvalue weighted by Gasteiger charge is -2.12. The second kappa shape index (κ2) is 5.28. The van der Waals surface area contributed by atoms with Crippen molar-refractivity contribution in [3.63, 3.8) is 0 Å². The lowest BCUT2D eigenvalue weighted by atomic mass is 10.1. The number of hydrogen-bond acceptors (Lipinski definition) is 3. The third-order valence-corrected chi connectivity index (χ3v) is 4.71. The summed E-state index contributed by atoms with van der Waals surface area (Å²) < 4.78 is 26.5. The molecule has 1 fully saturated rings. The molecule has 1 unspecified atom stereocenters. The van der Waals surface area contributed by atoms with Gasteiger partial charge >= 0.3 is 0 Å². The summed E-state index contributed by atoms with van der Waals surface area (Å²) in [5.41, 5.74) is 6.97. The van der Waals surface area contributed by atoms with Crippen LogP contribution in [0, 0.1) is 11.8 Å². The number of anilines is 1. The molecule has 1 aliphatic carbocycles. The summed E-state index contributed by atoms with van der Waals surface area (Å²) in [7, 11) is -3.24. The number of benzene rings is 1. The van der Waals surface area contributed by atoms with Gasteiger partial charge in [0, 0.05) is 12.2 Å². The van der Waals surface area contributed by atoms with Crippen LogP contribution in [-0.4, -0.2) is 15.0 Å². The van der Waals surface area contributed by atoms with Crippen molar-refractivity contribution in [3.05, 3.63) is 29.8 Å². The molecule has 1 atom stereocenters. The van der Waals surface area contributed by atoms with E-state index in [-0.39, 0.29) is 5.75 Å². The normalized spacial score (nSPS) is 17.6. The van der Waals surface area contributed by atoms with Crippen LogP contribution in [0.5, 0.6) is 0 Å². The minimum Gasteiger partial charge on any atom is -0.399 e. The van der Waals surface area contributed by atoms with Crippen molar-refractivity contribution in [1.82, 2.24) is 4.72 Å². The monoisotopic (exact) mass is 268 g/mol. The molecule has 100 valence electrons. The summed E-state index contributed by atoms with van der Waals surface area (Å²) in [5, 5.41) is 0. The zero-order valence-electron chi connectivity index (χ0n) is 10.6. The molecule has 0 heterocycles. The highest BCUT2D eigenvalue weighted by Crippen LogP contribution is 2.36. The maximum Gasteiger partial charge on any atom is 0.215 e. The van der Waals surface area contributed by atoms with E-state index in [0.29, 0.717) is 24.1 Å². The Morgan fingerprint density at radius 3 is 2.50 bits per heavy atom. The maximum atomic E-state index is 11.9. The van der Waals surface area contributed by atoms with Gasteiger partial charge in [0.15, 0.2) is 0 Å². The molecule has 3 N–H and O–H groups in total. The van der Waals surface area contributed by atoms with Crippen molar-refractivity contribution in [2.75, 3.05) is 12.3 Å². The van der Waals surface area contributed by atoms with E-state index in [9.17, 15) is 8.42 Å². The van der Waals surface area contributed by atoms with Crippen molar-refractivity contribution < 1.29 is 8.42 Å². The van der Waals surface area contributed by atoms with Crippen molar-refractivity contribution in [2.24, 2.45) is 11.8 Å². The van der Waals surface area contributed by atoms with Gasteiger partial charge in [-0.25, -0.2) is 13.1 Å². The quantitative estimate of drug-likeness (QED) is 0.772. The molecule has 0 saturated heterocycles. The van der Waals surface area contributed by atoms with Gasteiger partial charge in [-0.15, -0.1) is 0 Å². The highest BCUT2D eigenvalue weighted by atomic mass is 32.2. The van der Waals surface area contributed by atoms with Gasteiger partial charge < -0.3 is 5.73 Å². The van der Waals surface area contributed by atoms with E-state index in [0.717, 1.165) is 5.56 Å². The van der Waals surface area contributed by atoms with Crippen LogP contribution in [0.25, 0.3) is 0 Å². The Morgan fingerprint density at radius 1 is 1.33 bits per heavy atom. The van der Waals surface area contributed by atoms with Crippen LogP contribution in [0.2, 0.25) is 0 Å². The topological polar surface area (TPSA) is 72.2 Å². The third kappa shape index (κ3) is 3.99. The molecule has 0 spiro atoms. The first-order chi connectivity index (χ1) is 8.46. The average Bonchev–Trinajstić information content (AvgIpc) is 3.13. The summed E-state index contributed by atoms with van der Waals surface area (Å²) in [5.74, 6) is 1.17. The first kappa shape index (κ1) is 13.4. The van der Waals surface area contributed by atoms with Gasteiger partial charge in [0.05, 0.1) is 5.75 Å². The Labute approximate surface area is 109 Å². The van der Waals surface area contributed by atoms with Gasteiger partial charge in [-0.3, -0.25) is 0 Å². The first-order valence-electron chi connectivity index (χ1n) is 6.28. The molecule has 1 aromatic carbocycles. The van der Waals surface area contributed by atoms with Crippen molar-refractivity contribution in [2.45, 2.75) is 25.5 Å². The fraction of sp³-hybridized carbons (Fsp3) is 0.538. The predicted octanol–water partition coefficient (Wildman–Crippen LogP) is 1.73. The van der Waals surface area contributed by atoms with Crippen LogP contribution in [0.4, 0.5) is 5.69 Å². The molecular weight excluding hydrogens is 248 g/mol. The maximum absolute atomic E-state index is 11.9. The van der Waals surface area contributed by atoms with Crippen LogP contribution >= 0.6 is 0 Å². The SMILES string of the molecule is CC(CNS(=O)(=O)Cc1ccc(N)cc1)C1CC1. The van der Waals surface area contributed by atoms with Crippen molar-refractivity contribution in [1.29, 1.82) is 0 Å². The van der Waals surface area contributed by atoms with E-state index in [1.165, 1.54) is 12.8 Å². The molecule has 1 aliphatic rings. The van der Waals surface area contributed by atoms with Crippen molar-refractivity contribution in [3.8, 4) is 0 Å². The predicted molar refractivity (Wildman–Crippen MR) is 73.4 cm³/mol. The summed E-state index contributed by atoms with van der Waals surface area (Å²) in [6, 6.07) is 6.94. The number of nitrogen functional groups attached to an aromatic ring is 1. The molecule has 1 aromatic rings. The molecule has 18 heavy (non-hydrogen) atoms. The standard InChI is InChI=1S/C13H20N2O2S/c1-10(12-4-5-12)8-15-18(16,17)9-11-2-6-13(14)7-3-11/h2-3,6-7,10,12,15H,4-5,8-9,14H2,1H3. The molecular formula is C13H20N2O2S. The van der Waals surface area contributed by atoms with Gasteiger partial charge in [-0.2, -0.15) is 0 Å². The number of sulfonamides is 1. The third-order valence-electron chi connectivity index (χ3n) is 3.39. The molecule has 0 aliphatic heterocycles. The molecule has 4 nitrogen and oxygen atoms in total. The summed E-state index contributed by atoms with van der Waals surface area (Å²) in [6.45, 7) is 2.64. The molecule has 1 saturated carbocycles. The molecule has 0 bridgehead atoms. The Bertz CT molecular complexity index is 492. The zero-order chi connectivity index (χ0) is 13.2. The van der Waals surface area contributed by atoms with E-state index in [2.05, 4.69) is 11.6 Å². The second-order valence-corrected chi connectivity index (χ2v) is 6.97. The van der Waals surface area contributed by atoms with Gasteiger partial charge in [0.25, 0.3) is 0 Å². The summed E-state index contributed by atoms with van der Waals surface area (Å²) >= 11 is 0. The molecule has 5 heteroatoms. The molecule has 2 rings (SSSR count). The number of rotatable bonds is 6. The Kier molecular flexibility index (Phi) is 3.92. The van der Waals surface area contributed by atoms with Crippen LogP contribution in [0.3, 0.4) is 0 Å². The largest absolute Gasteiger partial charge is 0.399 e. The van der Waals surface area contributed by atoms with Crippen LogP contribution in [-0.2, 0) is 15.8 Å². The van der Waals surface area contributed by atoms with Crippen LogP contribution in [0.1, 0.15) is 25.3 Å². The van der Waals surface area contributed by atoms with Gasteiger partial charge in [-0.05, 0) is 42.4 Å². The smallest absolute Gasteiger partial charge is 0.215 e. The van der Waals surface area contributed by atoms with E-state index >= 15 is 0 Å². The average molecular weight is 268 g/mol. The molecule has 0 aromatic heterocycles.